The topological polar surface area (TPSA) is 178 Å². The molecule has 2 aromatic carbocycles. The van der Waals surface area contributed by atoms with Gasteiger partial charge >= 0.3 is 11.9 Å². The van der Waals surface area contributed by atoms with Crippen molar-refractivity contribution in [3.63, 3.8) is 0 Å². The Morgan fingerprint density at radius 1 is 0.653 bits per heavy atom. The summed E-state index contributed by atoms with van der Waals surface area (Å²) in [6.45, 7) is 15.1. The van der Waals surface area contributed by atoms with Crippen LogP contribution in [0, 0.1) is 0 Å². The average Bonchev–Trinajstić information content (AvgIpc) is 3.95. The Bertz CT molecular complexity index is 3300. The van der Waals surface area contributed by atoms with Crippen molar-refractivity contribution in [1.82, 2.24) is 29.3 Å². The van der Waals surface area contributed by atoms with Gasteiger partial charge in [0.15, 0.2) is 11.2 Å². The maximum atomic E-state index is 13.6. The van der Waals surface area contributed by atoms with E-state index in [0.717, 1.165) is 69.0 Å². The Hall–Kier alpha value is -5.15. The number of aliphatic hydroxyl groups is 2. The molecule has 0 radical (unpaired) electrons. The van der Waals surface area contributed by atoms with Crippen molar-refractivity contribution in [2.75, 3.05) is 40.1 Å². The number of cyclic esters (lactones) is 2. The molecule has 0 bridgehead atoms. The first kappa shape index (κ1) is 56.1. The monoisotopic (exact) mass is 1120 g/mol. The summed E-state index contributed by atoms with van der Waals surface area (Å²) < 4.78 is 13.9. The van der Waals surface area contributed by atoms with Crippen LogP contribution in [-0.4, -0.2) is 102 Å². The van der Waals surface area contributed by atoms with Crippen molar-refractivity contribution in [3.8, 4) is 22.8 Å². The van der Waals surface area contributed by atoms with Crippen LogP contribution in [0.15, 0.2) is 70.3 Å². The molecule has 75 heavy (non-hydrogen) atoms. The zero-order valence-corrected chi connectivity index (χ0v) is 49.1. The first-order valence-corrected chi connectivity index (χ1v) is 34.6. The molecule has 3 N–H and O–H groups in total. The number of esters is 2. The summed E-state index contributed by atoms with van der Waals surface area (Å²) in [6.07, 6.45) is 4.60. The number of carbonyl (C=O) groups excluding carboxylic acids is 2. The highest BCUT2D eigenvalue weighted by Gasteiger charge is 2.47. The molecule has 14 nitrogen and oxygen atoms in total. The van der Waals surface area contributed by atoms with Gasteiger partial charge in [-0.1, -0.05) is 117 Å². The first-order chi connectivity index (χ1) is 35.7. The summed E-state index contributed by atoms with van der Waals surface area (Å²) >= 11 is 3.57. The Morgan fingerprint density at radius 2 is 1.05 bits per heavy atom. The highest BCUT2D eigenvalue weighted by molar-refractivity contribution is 9.09. The summed E-state index contributed by atoms with van der Waals surface area (Å²) in [4.78, 5) is 64.4. The second-order valence-corrected chi connectivity index (χ2v) is 34.1. The van der Waals surface area contributed by atoms with E-state index in [2.05, 4.69) is 84.6 Å². The van der Waals surface area contributed by atoms with Crippen LogP contribution in [0.4, 0.5) is 0 Å². The number of aryl methyl sites for hydroxylation is 2. The lowest BCUT2D eigenvalue weighted by molar-refractivity contribution is -0.172. The number of nitrogens with zero attached hydrogens (tertiary/aromatic N) is 5. The number of benzene rings is 2. The van der Waals surface area contributed by atoms with Crippen molar-refractivity contribution >= 4 is 65.8 Å². The number of aromatic nitrogens is 4. The van der Waals surface area contributed by atoms with Gasteiger partial charge < -0.3 is 39.0 Å². The summed E-state index contributed by atoms with van der Waals surface area (Å²) in [7, 11) is 5.21. The van der Waals surface area contributed by atoms with Crippen molar-refractivity contribution in [1.29, 1.82) is 0 Å². The smallest absolute Gasteiger partial charge is 0.343 e. The molecule has 0 aliphatic carbocycles. The largest absolute Gasteiger partial charge is 0.458 e. The van der Waals surface area contributed by atoms with Crippen LogP contribution in [0.5, 0.6) is 0 Å². The Morgan fingerprint density at radius 3 is 1.44 bits per heavy atom. The molecule has 0 amide bonds. The zero-order chi connectivity index (χ0) is 54.2. The number of hydrogen-bond acceptors (Lipinski definition) is 12. The minimum atomic E-state index is -1.81. The third kappa shape index (κ3) is 10.8. The quantitative estimate of drug-likeness (QED) is 0.0505. The van der Waals surface area contributed by atoms with E-state index in [0.29, 0.717) is 46.7 Å². The van der Waals surface area contributed by atoms with Crippen molar-refractivity contribution < 1.29 is 29.3 Å². The summed E-state index contributed by atoms with van der Waals surface area (Å²) in [5, 5.41) is 28.4. The molecule has 0 saturated heterocycles. The Balaban J connectivity index is 0.000000190. The van der Waals surface area contributed by atoms with E-state index in [9.17, 15) is 29.4 Å². The zero-order valence-electron chi connectivity index (χ0n) is 45.5. The van der Waals surface area contributed by atoms with Crippen molar-refractivity contribution in [3.05, 3.63) is 126 Å². The van der Waals surface area contributed by atoms with E-state index in [1.54, 1.807) is 35.1 Å². The van der Waals surface area contributed by atoms with E-state index < -0.39 is 39.3 Å². The molecule has 6 aromatic rings. The number of alkyl halides is 1. The number of hydrogen-bond donors (Lipinski definition) is 3. The predicted octanol–water partition coefficient (Wildman–Crippen LogP) is 9.23. The molecular weight excluding hydrogens is 1040 g/mol. The van der Waals surface area contributed by atoms with E-state index >= 15 is 0 Å². The van der Waals surface area contributed by atoms with E-state index in [1.165, 1.54) is 48.1 Å². The van der Waals surface area contributed by atoms with Crippen LogP contribution < -0.4 is 16.4 Å². The molecule has 4 aromatic heterocycles. The van der Waals surface area contributed by atoms with Gasteiger partial charge in [0.1, 0.15) is 13.2 Å². The number of ether oxygens (including phenoxy) is 2. The molecule has 17 heteroatoms. The summed E-state index contributed by atoms with van der Waals surface area (Å²) in [5.41, 5.74) is 6.86. The average molecular weight is 1120 g/mol. The summed E-state index contributed by atoms with van der Waals surface area (Å²) in [6, 6.07) is 24.9. The van der Waals surface area contributed by atoms with Gasteiger partial charge in [0, 0.05) is 54.5 Å². The van der Waals surface area contributed by atoms with Crippen LogP contribution >= 0.6 is 15.9 Å². The van der Waals surface area contributed by atoms with Crippen LogP contribution in [-0.2, 0) is 69.4 Å². The predicted molar refractivity (Wildman–Crippen MR) is 307 cm³/mol. The second-order valence-electron chi connectivity index (χ2n) is 22.6. The Kier molecular flexibility index (Phi) is 16.8. The number of fused-ring (bicyclic) bond motifs is 10. The Labute approximate surface area is 451 Å². The molecule has 2 atom stereocenters. The lowest BCUT2D eigenvalue weighted by Gasteiger charge is -2.31. The van der Waals surface area contributed by atoms with Crippen LogP contribution in [0.25, 0.3) is 44.6 Å². The minimum Gasteiger partial charge on any atom is -0.458 e. The van der Waals surface area contributed by atoms with Gasteiger partial charge in [-0.2, -0.15) is 0 Å². The van der Waals surface area contributed by atoms with Crippen molar-refractivity contribution in [2.45, 2.75) is 140 Å². The molecule has 0 saturated carbocycles. The molecular formula is C58H75BrN6O8Si2. The number of carbonyl (C=O) groups is 2. The number of pyridine rings is 4. The van der Waals surface area contributed by atoms with Gasteiger partial charge in [-0.25, -0.2) is 19.6 Å². The molecule has 4 aliphatic heterocycles. The van der Waals surface area contributed by atoms with E-state index in [4.69, 9.17) is 19.4 Å². The highest BCUT2D eigenvalue weighted by atomic mass is 79.9. The normalized spacial score (nSPS) is 18.2. The van der Waals surface area contributed by atoms with Gasteiger partial charge in [-0.15, -0.1) is 0 Å². The van der Waals surface area contributed by atoms with Crippen LogP contribution in [0.1, 0.15) is 84.0 Å². The molecule has 10 rings (SSSR count). The second kappa shape index (κ2) is 22.4. The SMILES string of the molecule is CC[C@@]1(O)C(=O)OCc2c1cc1n(c2=O)Cc2c-1nc1ccccc1c2CC[Si](C)(C)CCCBr.CC[C@@]1(O)C(=O)OCc2c1cc1n(c2=O)Cc2c-1nc1ccccc1c2CC[Si](C)(C)CCCN(C)C.CNC. The fourth-order valence-electron chi connectivity index (χ4n) is 11.4. The number of rotatable bonds is 15. The van der Waals surface area contributed by atoms with Crippen molar-refractivity contribution in [2.24, 2.45) is 0 Å². The molecule has 4 aliphatic rings. The summed E-state index contributed by atoms with van der Waals surface area (Å²) in [5.74, 6) is -1.39. The van der Waals surface area contributed by atoms with E-state index in [-0.39, 0.29) is 37.2 Å². The lowest BCUT2D eigenvalue weighted by atomic mass is 9.86. The molecule has 0 spiro atoms. The molecule has 0 unspecified atom stereocenters. The van der Waals surface area contributed by atoms with Crippen LogP contribution in [0.2, 0.25) is 50.4 Å². The highest BCUT2D eigenvalue weighted by Crippen LogP contribution is 2.43. The van der Waals surface area contributed by atoms with Gasteiger partial charge in [0.2, 0.25) is 0 Å². The third-order valence-corrected chi connectivity index (χ3v) is 23.2. The van der Waals surface area contributed by atoms with E-state index in [1.807, 2.05) is 44.4 Å². The maximum Gasteiger partial charge on any atom is 0.343 e. The third-order valence-electron chi connectivity index (χ3n) is 16.0. The van der Waals surface area contributed by atoms with Gasteiger partial charge in [-0.3, -0.25) is 9.59 Å². The lowest BCUT2D eigenvalue weighted by Crippen LogP contribution is -2.44. The van der Waals surface area contributed by atoms with Crippen LogP contribution in [0.3, 0.4) is 0 Å². The number of nitrogens with one attached hydrogen (secondary N) is 1. The fourth-order valence-corrected chi connectivity index (χ4v) is 16.8. The first-order valence-electron chi connectivity index (χ1n) is 26.6. The van der Waals surface area contributed by atoms with Gasteiger partial charge in [0.25, 0.3) is 11.1 Å². The van der Waals surface area contributed by atoms with Gasteiger partial charge in [0.05, 0.1) is 58.0 Å². The number of halogens is 1. The minimum absolute atomic E-state index is 0.110. The maximum absolute atomic E-state index is 13.6. The standard InChI is InChI=1S/C29H37N3O4Si.C27H31BrN2O4Si.C2H7N/c1-6-29(35)23-16-25-26-21(17-32(25)27(33)22(23)18-36-28(29)34)19(20-10-7-8-11-24(20)30-26)12-15-37(4,5)14-9-13-31(2)3;1-4-27(33)21-14-23-24-19(15-30(23)25(31)20(21)16-34-26(27)32)17(10-13-35(2,3)12-7-11-28)18-8-5-6-9-22(18)29-24;1-3-2/h7-8,10-11,16,35H,6,9,12-15,17-18H2,1-5H3;5-6,8-9,14,33H,4,7,10-13,15-16H2,1-3H3;3H,1-2H3/t29-;27-;/m00./s1. The molecule has 8 heterocycles. The number of para-hydroxylation sites is 2. The molecule has 0 fully saturated rings. The molecule has 400 valence electrons. The fraction of sp³-hybridized carbons (Fsp3) is 0.483. The van der Waals surface area contributed by atoms with Gasteiger partial charge in [-0.05, 0) is 109 Å².